The molecule has 1 heterocycles. The van der Waals surface area contributed by atoms with E-state index in [1.54, 1.807) is 6.07 Å². The van der Waals surface area contributed by atoms with Crippen LogP contribution in [-0.4, -0.2) is 32.6 Å². The first kappa shape index (κ1) is 17.3. The molecule has 0 aliphatic carbocycles. The molecule has 25 heavy (non-hydrogen) atoms. The van der Waals surface area contributed by atoms with Crippen molar-refractivity contribution in [3.8, 4) is 11.9 Å². The molecule has 0 aliphatic rings. The predicted molar refractivity (Wildman–Crippen MR) is 81.9 cm³/mol. The number of nitro benzene ring substituents is 1. The number of methoxy groups -OCH3 is 1. The number of non-ortho nitro benzene ring substituents is 1. The standard InChI is InChI=1S/C13H10N6O6/c1-25-13-11(19(23)24)6-17(16-13)7-12(20)15-10-3-2-9(18(21)22)4-8(10)5-14/h2-4,6H,7H2,1H3,(H,15,20). The molecule has 0 atom stereocenters. The first-order valence-corrected chi connectivity index (χ1v) is 6.60. The van der Waals surface area contributed by atoms with Gasteiger partial charge in [-0.3, -0.25) is 29.7 Å². The summed E-state index contributed by atoms with van der Waals surface area (Å²) in [5, 5.41) is 36.7. The number of anilines is 1. The minimum Gasteiger partial charge on any atom is -0.475 e. The van der Waals surface area contributed by atoms with Crippen molar-refractivity contribution >= 4 is 23.0 Å². The van der Waals surface area contributed by atoms with Crippen LogP contribution < -0.4 is 10.1 Å². The van der Waals surface area contributed by atoms with Crippen LogP contribution in [0.5, 0.6) is 5.88 Å². The number of amides is 1. The van der Waals surface area contributed by atoms with Crippen LogP contribution in [0.2, 0.25) is 0 Å². The Labute approximate surface area is 139 Å². The van der Waals surface area contributed by atoms with E-state index in [0.29, 0.717) is 0 Å². The van der Waals surface area contributed by atoms with Gasteiger partial charge in [0.25, 0.3) is 5.69 Å². The average molecular weight is 346 g/mol. The quantitative estimate of drug-likeness (QED) is 0.601. The van der Waals surface area contributed by atoms with Gasteiger partial charge in [-0.2, -0.15) is 5.26 Å². The van der Waals surface area contributed by atoms with Crippen molar-refractivity contribution in [2.24, 2.45) is 0 Å². The van der Waals surface area contributed by atoms with Crippen LogP contribution in [0.25, 0.3) is 0 Å². The van der Waals surface area contributed by atoms with Crippen LogP contribution in [0, 0.1) is 31.6 Å². The minimum absolute atomic E-state index is 0.0757. The van der Waals surface area contributed by atoms with Gasteiger partial charge in [0.15, 0.2) is 0 Å². The third-order valence-corrected chi connectivity index (χ3v) is 3.01. The lowest BCUT2D eigenvalue weighted by atomic mass is 10.1. The summed E-state index contributed by atoms with van der Waals surface area (Å²) in [6.07, 6.45) is 1.03. The van der Waals surface area contributed by atoms with Crippen molar-refractivity contribution in [1.29, 1.82) is 5.26 Å². The summed E-state index contributed by atoms with van der Waals surface area (Å²) < 4.78 is 5.75. The number of nitro groups is 2. The van der Waals surface area contributed by atoms with Gasteiger partial charge in [-0.05, 0) is 6.07 Å². The molecule has 0 saturated carbocycles. The van der Waals surface area contributed by atoms with E-state index in [4.69, 9.17) is 10.00 Å². The van der Waals surface area contributed by atoms with Gasteiger partial charge in [-0.25, -0.2) is 0 Å². The zero-order chi connectivity index (χ0) is 18.6. The maximum absolute atomic E-state index is 12.0. The van der Waals surface area contributed by atoms with E-state index in [1.165, 1.54) is 13.2 Å². The maximum Gasteiger partial charge on any atom is 0.350 e. The second kappa shape index (κ2) is 7.04. The van der Waals surface area contributed by atoms with Crippen molar-refractivity contribution in [3.05, 3.63) is 50.2 Å². The fraction of sp³-hybridized carbons (Fsp3) is 0.154. The lowest BCUT2D eigenvalue weighted by Crippen LogP contribution is -2.19. The molecule has 1 aromatic carbocycles. The third-order valence-electron chi connectivity index (χ3n) is 3.01. The minimum atomic E-state index is -0.704. The summed E-state index contributed by atoms with van der Waals surface area (Å²) in [5.74, 6) is -0.878. The van der Waals surface area contributed by atoms with Crippen LogP contribution in [0.15, 0.2) is 24.4 Å². The summed E-state index contributed by atoms with van der Waals surface area (Å²) in [6.45, 7) is -0.383. The van der Waals surface area contributed by atoms with Crippen LogP contribution in [0.4, 0.5) is 17.1 Å². The normalized spacial score (nSPS) is 9.92. The Kier molecular flexibility index (Phi) is 4.89. The molecule has 12 heteroatoms. The van der Waals surface area contributed by atoms with E-state index in [9.17, 15) is 25.0 Å². The van der Waals surface area contributed by atoms with Gasteiger partial charge < -0.3 is 10.1 Å². The van der Waals surface area contributed by atoms with Gasteiger partial charge in [-0.15, -0.1) is 5.10 Å². The topological polar surface area (TPSA) is 166 Å². The molecule has 1 N–H and O–H groups in total. The Balaban J connectivity index is 2.17. The van der Waals surface area contributed by atoms with Gasteiger partial charge in [0.2, 0.25) is 5.91 Å². The molecule has 1 amide bonds. The molecule has 0 fully saturated rings. The second-order valence-electron chi connectivity index (χ2n) is 4.63. The van der Waals surface area contributed by atoms with Gasteiger partial charge >= 0.3 is 11.6 Å². The second-order valence-corrected chi connectivity index (χ2v) is 4.63. The lowest BCUT2D eigenvalue weighted by molar-refractivity contribution is -0.385. The largest absolute Gasteiger partial charge is 0.475 e. The summed E-state index contributed by atoms with van der Waals surface area (Å²) in [7, 11) is 1.20. The number of carbonyl (C=O) groups is 1. The number of aromatic nitrogens is 2. The Morgan fingerprint density at radius 1 is 1.40 bits per heavy atom. The van der Waals surface area contributed by atoms with Crippen LogP contribution >= 0.6 is 0 Å². The summed E-state index contributed by atoms with van der Waals surface area (Å²) >= 11 is 0. The smallest absolute Gasteiger partial charge is 0.350 e. The van der Waals surface area contributed by atoms with Gasteiger partial charge in [0.05, 0.1) is 28.2 Å². The summed E-state index contributed by atoms with van der Waals surface area (Å²) in [4.78, 5) is 32.2. The van der Waals surface area contributed by atoms with Crippen LogP contribution in [-0.2, 0) is 11.3 Å². The van der Waals surface area contributed by atoms with E-state index in [-0.39, 0.29) is 29.4 Å². The monoisotopic (exact) mass is 346 g/mol. The van der Waals surface area contributed by atoms with Crippen molar-refractivity contribution in [2.75, 3.05) is 12.4 Å². The summed E-state index contributed by atoms with van der Waals surface area (Å²) in [5.41, 5.74) is -0.705. The Morgan fingerprint density at radius 2 is 2.12 bits per heavy atom. The SMILES string of the molecule is COc1nn(CC(=O)Nc2ccc([N+](=O)[O-])cc2C#N)cc1[N+](=O)[O-]. The fourth-order valence-corrected chi connectivity index (χ4v) is 1.93. The van der Waals surface area contributed by atoms with E-state index in [2.05, 4.69) is 10.4 Å². The number of nitriles is 1. The Bertz CT molecular complexity index is 899. The first-order valence-electron chi connectivity index (χ1n) is 6.60. The Hall–Kier alpha value is -4.01. The van der Waals surface area contributed by atoms with Gasteiger partial charge in [-0.1, -0.05) is 0 Å². The summed E-state index contributed by atoms with van der Waals surface area (Å²) in [6, 6.07) is 5.13. The molecule has 0 saturated heterocycles. The number of nitrogens with zero attached hydrogens (tertiary/aromatic N) is 5. The zero-order valence-corrected chi connectivity index (χ0v) is 12.7. The van der Waals surface area contributed by atoms with Crippen molar-refractivity contribution in [1.82, 2.24) is 9.78 Å². The molecule has 2 rings (SSSR count). The number of carbonyl (C=O) groups excluding carboxylic acids is 1. The molecular formula is C13H10N6O6. The number of ether oxygens (including phenoxy) is 1. The highest BCUT2D eigenvalue weighted by molar-refractivity contribution is 5.92. The van der Waals surface area contributed by atoms with Gasteiger partial charge in [0.1, 0.15) is 18.8 Å². The number of hydrogen-bond donors (Lipinski definition) is 1. The number of nitrogens with one attached hydrogen (secondary N) is 1. The van der Waals surface area contributed by atoms with E-state index in [0.717, 1.165) is 23.0 Å². The molecule has 0 radical (unpaired) electrons. The fourth-order valence-electron chi connectivity index (χ4n) is 1.93. The number of rotatable bonds is 6. The molecule has 12 nitrogen and oxygen atoms in total. The third kappa shape index (κ3) is 3.85. The van der Waals surface area contributed by atoms with Crippen molar-refractivity contribution in [3.63, 3.8) is 0 Å². The first-order chi connectivity index (χ1) is 11.8. The van der Waals surface area contributed by atoms with Crippen LogP contribution in [0.1, 0.15) is 5.56 Å². The predicted octanol–water partition coefficient (Wildman–Crippen LogP) is 1.22. The molecule has 0 spiro atoms. The van der Waals surface area contributed by atoms with Crippen molar-refractivity contribution in [2.45, 2.75) is 6.54 Å². The van der Waals surface area contributed by atoms with Gasteiger partial charge in [0, 0.05) is 12.1 Å². The zero-order valence-electron chi connectivity index (χ0n) is 12.7. The maximum atomic E-state index is 12.0. The van der Waals surface area contributed by atoms with E-state index >= 15 is 0 Å². The average Bonchev–Trinajstić information content (AvgIpc) is 2.98. The highest BCUT2D eigenvalue weighted by Gasteiger charge is 2.21. The van der Waals surface area contributed by atoms with Crippen LogP contribution in [0.3, 0.4) is 0 Å². The van der Waals surface area contributed by atoms with E-state index in [1.807, 2.05) is 0 Å². The molecule has 1 aromatic heterocycles. The lowest BCUT2D eigenvalue weighted by Gasteiger charge is -2.06. The molecule has 128 valence electrons. The molecular weight excluding hydrogens is 336 g/mol. The van der Waals surface area contributed by atoms with Crippen molar-refractivity contribution < 1.29 is 19.4 Å². The number of benzene rings is 1. The number of hydrogen-bond acceptors (Lipinski definition) is 8. The highest BCUT2D eigenvalue weighted by atomic mass is 16.6. The molecule has 0 unspecified atom stereocenters. The Morgan fingerprint density at radius 3 is 2.64 bits per heavy atom. The molecule has 2 aromatic rings. The molecule has 0 bridgehead atoms. The highest BCUT2D eigenvalue weighted by Crippen LogP contribution is 2.24. The molecule has 0 aliphatic heterocycles. The van der Waals surface area contributed by atoms with E-state index < -0.39 is 21.4 Å².